The van der Waals surface area contributed by atoms with Gasteiger partial charge in [-0.3, -0.25) is 0 Å². The van der Waals surface area contributed by atoms with E-state index in [4.69, 9.17) is 19.9 Å². The van der Waals surface area contributed by atoms with Gasteiger partial charge < -0.3 is 10.2 Å². The Morgan fingerprint density at radius 3 is 1.64 bits per heavy atom. The van der Waals surface area contributed by atoms with Crippen molar-refractivity contribution < 1.29 is 24.7 Å². The Labute approximate surface area is 66.3 Å². The van der Waals surface area contributed by atoms with Crippen LogP contribution in [0.4, 0.5) is 0 Å². The standard InChI is InChI=1S/C6H16NO4/c1-7(2,10-5-3-8)11-6-4-9/h8-9H,3-6H2,1-2H3/q+1. The zero-order valence-corrected chi connectivity index (χ0v) is 6.99. The first-order valence-electron chi connectivity index (χ1n) is 3.47. The Kier molecular flexibility index (Phi) is 5.35. The molecule has 0 spiro atoms. The molecule has 0 aliphatic carbocycles. The van der Waals surface area contributed by atoms with Gasteiger partial charge in [-0.15, -0.1) is 0 Å². The zero-order valence-electron chi connectivity index (χ0n) is 6.99. The van der Waals surface area contributed by atoms with E-state index in [0.29, 0.717) is 0 Å². The van der Waals surface area contributed by atoms with Crippen molar-refractivity contribution in [3.8, 4) is 0 Å². The fraction of sp³-hybridized carbons (Fsp3) is 1.00. The van der Waals surface area contributed by atoms with E-state index in [-0.39, 0.29) is 31.2 Å². The molecule has 0 bridgehead atoms. The van der Waals surface area contributed by atoms with Crippen LogP contribution in [-0.4, -0.2) is 55.5 Å². The molecule has 0 radical (unpaired) electrons. The van der Waals surface area contributed by atoms with Crippen LogP contribution in [0.15, 0.2) is 0 Å². The number of quaternary nitrogens is 1. The highest BCUT2D eigenvalue weighted by atomic mass is 17.0. The van der Waals surface area contributed by atoms with Crippen LogP contribution in [0.2, 0.25) is 0 Å². The molecule has 5 heteroatoms. The maximum absolute atomic E-state index is 8.42. The molecule has 0 unspecified atom stereocenters. The quantitative estimate of drug-likeness (QED) is 0.389. The van der Waals surface area contributed by atoms with E-state index < -0.39 is 0 Å². The van der Waals surface area contributed by atoms with Gasteiger partial charge in [-0.25, -0.2) is 0 Å². The summed E-state index contributed by atoms with van der Waals surface area (Å²) >= 11 is 0. The minimum Gasteiger partial charge on any atom is -0.394 e. The first kappa shape index (κ1) is 10.8. The van der Waals surface area contributed by atoms with Crippen molar-refractivity contribution in [1.82, 2.24) is 0 Å². The summed E-state index contributed by atoms with van der Waals surface area (Å²) in [6.45, 7) is 0.366. The van der Waals surface area contributed by atoms with Crippen molar-refractivity contribution in [2.24, 2.45) is 0 Å². The summed E-state index contributed by atoms with van der Waals surface area (Å²) in [4.78, 5) is 9.96. The van der Waals surface area contributed by atoms with Gasteiger partial charge in [0, 0.05) is 0 Å². The van der Waals surface area contributed by atoms with Gasteiger partial charge in [0.05, 0.1) is 13.2 Å². The van der Waals surface area contributed by atoms with Crippen LogP contribution in [0.5, 0.6) is 0 Å². The van der Waals surface area contributed by atoms with Gasteiger partial charge >= 0.3 is 0 Å². The van der Waals surface area contributed by atoms with Crippen molar-refractivity contribution in [1.29, 1.82) is 0 Å². The second-order valence-corrected chi connectivity index (χ2v) is 2.37. The van der Waals surface area contributed by atoms with Gasteiger partial charge in [0.2, 0.25) is 0 Å². The first-order valence-corrected chi connectivity index (χ1v) is 3.47. The molecule has 0 atom stereocenters. The lowest BCUT2D eigenvalue weighted by Crippen LogP contribution is -2.41. The molecule has 0 aliphatic rings. The molecule has 0 fully saturated rings. The maximum Gasteiger partial charge on any atom is 0.133 e. The lowest BCUT2D eigenvalue weighted by Gasteiger charge is -2.23. The Hall–Kier alpha value is -0.200. The second-order valence-electron chi connectivity index (χ2n) is 2.37. The highest BCUT2D eigenvalue weighted by molar-refractivity contribution is 4.14. The fourth-order valence-corrected chi connectivity index (χ4v) is 0.559. The SMILES string of the molecule is C[N+](C)(OCCO)OCCO. The Bertz CT molecular complexity index is 86.6. The van der Waals surface area contributed by atoms with Crippen LogP contribution >= 0.6 is 0 Å². The molecular weight excluding hydrogens is 150 g/mol. The fourth-order valence-electron chi connectivity index (χ4n) is 0.559. The number of aliphatic hydroxyl groups excluding tert-OH is 2. The normalized spacial score (nSPS) is 12.0. The van der Waals surface area contributed by atoms with Gasteiger partial charge in [0.15, 0.2) is 0 Å². The van der Waals surface area contributed by atoms with Crippen molar-refractivity contribution in [2.75, 3.05) is 40.5 Å². The summed E-state index contributed by atoms with van der Waals surface area (Å²) in [6, 6.07) is 0. The van der Waals surface area contributed by atoms with Crippen LogP contribution < -0.4 is 0 Å². The molecule has 0 amide bonds. The summed E-state index contributed by atoms with van der Waals surface area (Å²) in [5.74, 6) is 0. The van der Waals surface area contributed by atoms with Crippen LogP contribution in [0.3, 0.4) is 0 Å². The van der Waals surface area contributed by atoms with Crippen molar-refractivity contribution in [3.63, 3.8) is 0 Å². The molecule has 0 saturated carbocycles. The first-order chi connectivity index (χ1) is 5.12. The van der Waals surface area contributed by atoms with Gasteiger partial charge in [0.25, 0.3) is 0 Å². The number of nitrogens with zero attached hydrogens (tertiary/aromatic N) is 1. The third-order valence-corrected chi connectivity index (χ3v) is 0.987. The van der Waals surface area contributed by atoms with E-state index in [9.17, 15) is 0 Å². The van der Waals surface area contributed by atoms with Crippen LogP contribution in [0.25, 0.3) is 0 Å². The van der Waals surface area contributed by atoms with Crippen LogP contribution in [0.1, 0.15) is 0 Å². The van der Waals surface area contributed by atoms with Crippen LogP contribution in [0, 0.1) is 0 Å². The van der Waals surface area contributed by atoms with E-state index in [2.05, 4.69) is 0 Å². The molecule has 0 aromatic carbocycles. The molecule has 0 heterocycles. The minimum atomic E-state index is -0.110. The summed E-state index contributed by atoms with van der Waals surface area (Å²) in [5.41, 5.74) is 0. The number of rotatable bonds is 6. The van der Waals surface area contributed by atoms with Crippen LogP contribution in [-0.2, 0) is 9.68 Å². The smallest absolute Gasteiger partial charge is 0.133 e. The monoisotopic (exact) mass is 166 g/mol. The van der Waals surface area contributed by atoms with Gasteiger partial charge in [-0.1, -0.05) is 0 Å². The molecule has 68 valence electrons. The average Bonchev–Trinajstić information content (AvgIpc) is 1.97. The average molecular weight is 166 g/mol. The van der Waals surface area contributed by atoms with E-state index in [1.807, 2.05) is 0 Å². The molecule has 5 nitrogen and oxygen atoms in total. The molecule has 0 aliphatic heterocycles. The molecule has 0 aromatic heterocycles. The van der Waals surface area contributed by atoms with E-state index >= 15 is 0 Å². The van der Waals surface area contributed by atoms with E-state index in [1.54, 1.807) is 14.1 Å². The molecule has 11 heavy (non-hydrogen) atoms. The van der Waals surface area contributed by atoms with Gasteiger partial charge in [-0.2, -0.15) is 9.68 Å². The van der Waals surface area contributed by atoms with Gasteiger partial charge in [0.1, 0.15) is 27.3 Å². The lowest BCUT2D eigenvalue weighted by molar-refractivity contribution is -1.22. The van der Waals surface area contributed by atoms with Crippen molar-refractivity contribution in [2.45, 2.75) is 0 Å². The number of hydroxylamine groups is 4. The maximum atomic E-state index is 8.42. The summed E-state index contributed by atoms with van der Waals surface area (Å²) in [5, 5.41) is 16.8. The van der Waals surface area contributed by atoms with E-state index in [0.717, 1.165) is 0 Å². The summed E-state index contributed by atoms with van der Waals surface area (Å²) < 4.78 is 0. The molecule has 2 N–H and O–H groups in total. The largest absolute Gasteiger partial charge is 0.394 e. The highest BCUT2D eigenvalue weighted by Gasteiger charge is 2.17. The Balaban J connectivity index is 3.43. The third-order valence-electron chi connectivity index (χ3n) is 0.987. The minimum absolute atomic E-state index is 0.0375. The van der Waals surface area contributed by atoms with E-state index in [1.165, 1.54) is 0 Å². The highest BCUT2D eigenvalue weighted by Crippen LogP contribution is 1.98. The number of aliphatic hydroxyl groups is 2. The zero-order chi connectivity index (χ0) is 8.74. The predicted octanol–water partition coefficient (Wildman–Crippen LogP) is -1.09. The number of hydrogen-bond acceptors (Lipinski definition) is 4. The van der Waals surface area contributed by atoms with Gasteiger partial charge in [-0.05, 0) is 4.81 Å². The number of hydrogen-bond donors (Lipinski definition) is 2. The molecule has 0 saturated heterocycles. The topological polar surface area (TPSA) is 58.9 Å². The molecule has 0 rings (SSSR count). The molecular formula is C6H16NO4+. The summed E-state index contributed by atoms with van der Waals surface area (Å²) in [7, 11) is 3.34. The Morgan fingerprint density at radius 1 is 1.00 bits per heavy atom. The third kappa shape index (κ3) is 6.21. The Morgan fingerprint density at radius 2 is 1.36 bits per heavy atom. The second kappa shape index (κ2) is 5.45. The van der Waals surface area contributed by atoms with Crippen molar-refractivity contribution in [3.05, 3.63) is 0 Å². The van der Waals surface area contributed by atoms with Crippen molar-refractivity contribution >= 4 is 0 Å². The predicted molar refractivity (Wildman–Crippen MR) is 38.2 cm³/mol. The summed E-state index contributed by atoms with van der Waals surface area (Å²) in [6.07, 6.45) is 0. The lowest BCUT2D eigenvalue weighted by atomic mass is 10.8. The molecule has 0 aromatic rings.